The van der Waals surface area contributed by atoms with Gasteiger partial charge in [-0.3, -0.25) is 19.8 Å². The molecule has 2 N–H and O–H groups in total. The molecule has 1 aromatic carbocycles. The molecule has 10 nitrogen and oxygen atoms in total. The number of nitrogens with one attached hydrogen (secondary N) is 1. The molecular formula is C26H28F4N6O4S. The summed E-state index contributed by atoms with van der Waals surface area (Å²) < 4.78 is 59.2. The Hall–Kier alpha value is -3.69. The SMILES string of the molecule is COCCN(C)Cc1sc(NC(=O)c2cnc(N3CCC(C(=O)O)CC3)cn2)nc1-c1ccc(F)c(C(F)(F)F)c1. The number of anilines is 2. The van der Waals surface area contributed by atoms with Crippen LogP contribution < -0.4 is 10.2 Å². The molecule has 4 rings (SSSR count). The van der Waals surface area contributed by atoms with Gasteiger partial charge in [-0.05, 0) is 38.1 Å². The van der Waals surface area contributed by atoms with E-state index >= 15 is 0 Å². The number of carboxylic acids is 1. The summed E-state index contributed by atoms with van der Waals surface area (Å²) >= 11 is 1.08. The van der Waals surface area contributed by atoms with Crippen LogP contribution in [-0.2, 0) is 22.3 Å². The van der Waals surface area contributed by atoms with Gasteiger partial charge in [0.05, 0.1) is 36.2 Å². The topological polar surface area (TPSA) is 121 Å². The monoisotopic (exact) mass is 596 g/mol. The quantitative estimate of drug-likeness (QED) is 0.328. The van der Waals surface area contributed by atoms with Crippen LogP contribution in [0.25, 0.3) is 11.3 Å². The zero-order chi connectivity index (χ0) is 29.7. The van der Waals surface area contributed by atoms with Crippen molar-refractivity contribution >= 4 is 34.2 Å². The molecule has 1 aliphatic heterocycles. The number of carbonyl (C=O) groups is 2. The lowest BCUT2D eigenvalue weighted by atomic mass is 9.97. The number of carbonyl (C=O) groups excluding carboxylic acids is 1. The number of thiazole rings is 1. The number of amides is 1. The maximum atomic E-state index is 13.9. The van der Waals surface area contributed by atoms with E-state index in [4.69, 9.17) is 9.84 Å². The van der Waals surface area contributed by atoms with Gasteiger partial charge in [0.2, 0.25) is 0 Å². The zero-order valence-electron chi connectivity index (χ0n) is 22.2. The van der Waals surface area contributed by atoms with E-state index in [0.717, 1.165) is 17.4 Å². The second-order valence-electron chi connectivity index (χ2n) is 9.53. The molecule has 1 aliphatic rings. The van der Waals surface area contributed by atoms with E-state index in [1.807, 2.05) is 9.80 Å². The maximum absolute atomic E-state index is 13.9. The molecule has 15 heteroatoms. The average Bonchev–Trinajstić information content (AvgIpc) is 3.33. The van der Waals surface area contributed by atoms with Crippen molar-refractivity contribution in [2.24, 2.45) is 5.92 Å². The van der Waals surface area contributed by atoms with Gasteiger partial charge in [-0.1, -0.05) is 11.3 Å². The summed E-state index contributed by atoms with van der Waals surface area (Å²) in [4.78, 5) is 41.3. The first-order valence-corrected chi connectivity index (χ1v) is 13.4. The zero-order valence-corrected chi connectivity index (χ0v) is 23.1. The molecule has 0 saturated carbocycles. The van der Waals surface area contributed by atoms with Crippen molar-refractivity contribution < 1.29 is 37.0 Å². The van der Waals surface area contributed by atoms with E-state index in [-0.39, 0.29) is 28.6 Å². The molecule has 2 aromatic heterocycles. The number of ether oxygens (including phenoxy) is 1. The van der Waals surface area contributed by atoms with Crippen LogP contribution in [0.3, 0.4) is 0 Å². The Labute approximate surface area is 237 Å². The number of carboxylic acid groups (broad SMARTS) is 1. The van der Waals surface area contributed by atoms with Gasteiger partial charge < -0.3 is 14.7 Å². The molecule has 0 unspecified atom stereocenters. The third kappa shape index (κ3) is 7.54. The molecule has 220 valence electrons. The molecular weight excluding hydrogens is 568 g/mol. The van der Waals surface area contributed by atoms with Gasteiger partial charge in [-0.2, -0.15) is 13.2 Å². The highest BCUT2D eigenvalue weighted by Crippen LogP contribution is 2.37. The molecule has 41 heavy (non-hydrogen) atoms. The van der Waals surface area contributed by atoms with Gasteiger partial charge in [-0.15, -0.1) is 0 Å². The lowest BCUT2D eigenvalue weighted by Crippen LogP contribution is -2.36. The van der Waals surface area contributed by atoms with Crippen molar-refractivity contribution in [3.8, 4) is 11.3 Å². The summed E-state index contributed by atoms with van der Waals surface area (Å²) in [6.45, 7) is 2.25. The fourth-order valence-electron chi connectivity index (χ4n) is 4.32. The molecule has 0 atom stereocenters. The number of benzene rings is 1. The van der Waals surface area contributed by atoms with Crippen molar-refractivity contribution in [3.05, 3.63) is 52.5 Å². The predicted octanol–water partition coefficient (Wildman–Crippen LogP) is 4.39. The summed E-state index contributed by atoms with van der Waals surface area (Å²) in [6.07, 6.45) is -1.21. The lowest BCUT2D eigenvalue weighted by Gasteiger charge is -2.30. The minimum Gasteiger partial charge on any atom is -0.481 e. The minimum atomic E-state index is -4.89. The van der Waals surface area contributed by atoms with Crippen molar-refractivity contribution in [1.82, 2.24) is 19.9 Å². The molecule has 1 fully saturated rings. The number of hydrogen-bond acceptors (Lipinski definition) is 9. The van der Waals surface area contributed by atoms with Crippen molar-refractivity contribution in [2.75, 3.05) is 50.6 Å². The first-order valence-electron chi connectivity index (χ1n) is 12.6. The van der Waals surface area contributed by atoms with E-state index in [9.17, 15) is 27.2 Å². The summed E-state index contributed by atoms with van der Waals surface area (Å²) in [7, 11) is 3.35. The standard InChI is InChI=1S/C26H28F4N6O4S/c1-35(9-10-40-2)14-20-22(16-3-4-18(27)17(11-16)26(28,29)30)33-25(41-20)34-23(37)19-12-32-21(13-31-19)36-7-5-15(6-8-36)24(38)39/h3-4,11-13,15H,5-10,14H2,1-2H3,(H,38,39)(H,33,34,37). The second kappa shape index (κ2) is 12.9. The van der Waals surface area contributed by atoms with Crippen molar-refractivity contribution in [3.63, 3.8) is 0 Å². The third-order valence-corrected chi connectivity index (χ3v) is 7.55. The normalized spacial score (nSPS) is 14.5. The first-order chi connectivity index (χ1) is 19.5. The Kier molecular flexibility index (Phi) is 9.50. The number of alkyl halides is 3. The molecule has 0 aliphatic carbocycles. The van der Waals surface area contributed by atoms with Crippen LogP contribution in [0.1, 0.15) is 33.8 Å². The predicted molar refractivity (Wildman–Crippen MR) is 143 cm³/mol. The molecule has 3 heterocycles. The number of methoxy groups -OCH3 is 1. The molecule has 0 spiro atoms. The van der Waals surface area contributed by atoms with Crippen LogP contribution in [0.2, 0.25) is 0 Å². The van der Waals surface area contributed by atoms with Crippen molar-refractivity contribution in [1.29, 1.82) is 0 Å². The molecule has 0 bridgehead atoms. The number of halogens is 4. The Bertz CT molecular complexity index is 1380. The van der Waals surface area contributed by atoms with E-state index in [1.165, 1.54) is 18.5 Å². The average molecular weight is 597 g/mol. The maximum Gasteiger partial charge on any atom is 0.419 e. The van der Waals surface area contributed by atoms with Crippen LogP contribution >= 0.6 is 11.3 Å². The summed E-state index contributed by atoms with van der Waals surface area (Å²) in [5, 5.41) is 11.9. The van der Waals surface area contributed by atoms with Gasteiger partial charge in [-0.25, -0.2) is 19.3 Å². The second-order valence-corrected chi connectivity index (χ2v) is 10.6. The molecule has 3 aromatic rings. The fraction of sp³-hybridized carbons (Fsp3) is 0.423. The fourth-order valence-corrected chi connectivity index (χ4v) is 5.38. The van der Waals surface area contributed by atoms with Gasteiger partial charge in [0.25, 0.3) is 5.91 Å². The highest BCUT2D eigenvalue weighted by atomic mass is 32.1. The molecule has 1 amide bonds. The minimum absolute atomic E-state index is 0.00850. The summed E-state index contributed by atoms with van der Waals surface area (Å²) in [6, 6.07) is 2.67. The van der Waals surface area contributed by atoms with Gasteiger partial charge in [0.1, 0.15) is 17.3 Å². The van der Waals surface area contributed by atoms with Crippen LogP contribution in [0.5, 0.6) is 0 Å². The van der Waals surface area contributed by atoms with E-state index in [0.29, 0.717) is 55.8 Å². The molecule has 1 saturated heterocycles. The number of piperidine rings is 1. The van der Waals surface area contributed by atoms with Gasteiger partial charge in [0, 0.05) is 43.7 Å². The number of aliphatic carboxylic acids is 1. The largest absolute Gasteiger partial charge is 0.481 e. The highest BCUT2D eigenvalue weighted by Gasteiger charge is 2.35. The summed E-state index contributed by atoms with van der Waals surface area (Å²) in [5.74, 6) is -2.72. The molecule has 0 radical (unpaired) electrons. The van der Waals surface area contributed by atoms with E-state index < -0.39 is 35.4 Å². The van der Waals surface area contributed by atoms with Crippen LogP contribution in [-0.4, -0.2) is 77.2 Å². The van der Waals surface area contributed by atoms with E-state index in [2.05, 4.69) is 20.3 Å². The lowest BCUT2D eigenvalue weighted by molar-refractivity contribution is -0.142. The Morgan fingerprint density at radius 1 is 1.22 bits per heavy atom. The Balaban J connectivity index is 1.54. The van der Waals surface area contributed by atoms with Crippen LogP contribution in [0.15, 0.2) is 30.6 Å². The van der Waals surface area contributed by atoms with Crippen molar-refractivity contribution in [2.45, 2.75) is 25.6 Å². The number of hydrogen-bond donors (Lipinski definition) is 2. The van der Waals surface area contributed by atoms with Gasteiger partial charge in [0.15, 0.2) is 5.13 Å². The third-order valence-electron chi connectivity index (χ3n) is 6.59. The Morgan fingerprint density at radius 3 is 2.56 bits per heavy atom. The number of likely N-dealkylation sites (N-methyl/N-ethyl adjacent to an activating group) is 1. The number of nitrogens with zero attached hydrogens (tertiary/aromatic N) is 5. The van der Waals surface area contributed by atoms with Crippen LogP contribution in [0.4, 0.5) is 28.5 Å². The van der Waals surface area contributed by atoms with Crippen LogP contribution in [0, 0.1) is 11.7 Å². The van der Waals surface area contributed by atoms with Gasteiger partial charge >= 0.3 is 12.1 Å². The smallest absolute Gasteiger partial charge is 0.419 e. The summed E-state index contributed by atoms with van der Waals surface area (Å²) in [5.41, 5.74) is -1.17. The first kappa shape index (κ1) is 30.3. The Morgan fingerprint density at radius 2 is 1.95 bits per heavy atom. The number of rotatable bonds is 10. The number of aromatic nitrogens is 3. The van der Waals surface area contributed by atoms with E-state index in [1.54, 1.807) is 14.2 Å². The highest BCUT2D eigenvalue weighted by molar-refractivity contribution is 7.16.